The molecule has 0 saturated carbocycles. The van der Waals surface area contributed by atoms with Gasteiger partial charge in [-0.3, -0.25) is 4.79 Å². The summed E-state index contributed by atoms with van der Waals surface area (Å²) in [6.45, 7) is 0.755. The summed E-state index contributed by atoms with van der Waals surface area (Å²) in [5, 5.41) is 0. The number of nitrogen functional groups attached to an aromatic ring is 1. The van der Waals surface area contributed by atoms with Crippen LogP contribution in [0.2, 0.25) is 0 Å². The first kappa shape index (κ1) is 15.1. The first-order valence-electron chi connectivity index (χ1n) is 7.56. The number of ether oxygens (including phenoxy) is 1. The molecule has 0 radical (unpaired) electrons. The number of carbonyl (C=O) groups is 2. The second-order valence-corrected chi connectivity index (χ2v) is 5.43. The number of fused-ring (bicyclic) bond motifs is 1. The number of anilines is 2. The molecule has 118 valence electrons. The van der Waals surface area contributed by atoms with Gasteiger partial charge in [-0.05, 0) is 42.3 Å². The number of para-hydroxylation sites is 1. The predicted octanol–water partition coefficient (Wildman–Crippen LogP) is 2.41. The average Bonchev–Trinajstić information content (AvgIpc) is 2.99. The molecular weight excluding hydrogens is 292 g/mol. The Kier molecular flexibility index (Phi) is 4.28. The summed E-state index contributed by atoms with van der Waals surface area (Å²) in [5.74, 6) is -0.473. The van der Waals surface area contributed by atoms with E-state index in [1.807, 2.05) is 24.3 Å². The zero-order chi connectivity index (χ0) is 16.2. The summed E-state index contributed by atoms with van der Waals surface area (Å²) in [6, 6.07) is 14.4. The third kappa shape index (κ3) is 3.34. The van der Waals surface area contributed by atoms with E-state index in [4.69, 9.17) is 10.5 Å². The van der Waals surface area contributed by atoms with Crippen molar-refractivity contribution in [2.75, 3.05) is 23.8 Å². The predicted molar refractivity (Wildman–Crippen MR) is 88.3 cm³/mol. The number of hydrogen-bond acceptors (Lipinski definition) is 4. The lowest BCUT2D eigenvalue weighted by molar-refractivity contribution is -0.119. The fourth-order valence-electron chi connectivity index (χ4n) is 2.67. The number of amides is 1. The first-order chi connectivity index (χ1) is 11.1. The lowest BCUT2D eigenvalue weighted by Crippen LogP contribution is -2.29. The van der Waals surface area contributed by atoms with Gasteiger partial charge in [0.15, 0.2) is 0 Å². The molecule has 1 amide bonds. The number of esters is 1. The SMILES string of the molecule is Nc1ccc(C(=O)OCCC(=O)N2CCc3ccccc32)cc1. The van der Waals surface area contributed by atoms with E-state index in [1.54, 1.807) is 29.2 Å². The molecule has 2 aromatic carbocycles. The Morgan fingerprint density at radius 3 is 2.61 bits per heavy atom. The Balaban J connectivity index is 1.52. The highest BCUT2D eigenvalue weighted by Crippen LogP contribution is 2.27. The van der Waals surface area contributed by atoms with Crippen molar-refractivity contribution >= 4 is 23.3 Å². The summed E-state index contributed by atoms with van der Waals surface area (Å²) < 4.78 is 5.16. The fraction of sp³-hybridized carbons (Fsp3) is 0.222. The van der Waals surface area contributed by atoms with Crippen LogP contribution in [0.5, 0.6) is 0 Å². The fourth-order valence-corrected chi connectivity index (χ4v) is 2.67. The van der Waals surface area contributed by atoms with Crippen molar-refractivity contribution in [1.82, 2.24) is 0 Å². The van der Waals surface area contributed by atoms with Crippen molar-refractivity contribution in [1.29, 1.82) is 0 Å². The zero-order valence-corrected chi connectivity index (χ0v) is 12.7. The number of benzene rings is 2. The van der Waals surface area contributed by atoms with E-state index in [1.165, 1.54) is 5.56 Å². The van der Waals surface area contributed by atoms with Crippen LogP contribution in [0.3, 0.4) is 0 Å². The molecule has 2 N–H and O–H groups in total. The molecule has 1 aliphatic rings. The maximum Gasteiger partial charge on any atom is 0.338 e. The summed E-state index contributed by atoms with van der Waals surface area (Å²) >= 11 is 0. The minimum absolute atomic E-state index is 0.0277. The van der Waals surface area contributed by atoms with Crippen LogP contribution in [-0.2, 0) is 16.0 Å². The van der Waals surface area contributed by atoms with Gasteiger partial charge in [0.25, 0.3) is 0 Å². The minimum atomic E-state index is -0.445. The molecular formula is C18H18N2O3. The second kappa shape index (κ2) is 6.52. The summed E-state index contributed by atoms with van der Waals surface area (Å²) in [5.41, 5.74) is 8.73. The number of nitrogens with zero attached hydrogens (tertiary/aromatic N) is 1. The van der Waals surface area contributed by atoms with E-state index < -0.39 is 5.97 Å². The van der Waals surface area contributed by atoms with Gasteiger partial charge in [0.05, 0.1) is 12.0 Å². The van der Waals surface area contributed by atoms with Gasteiger partial charge in [-0.15, -0.1) is 0 Å². The summed E-state index contributed by atoms with van der Waals surface area (Å²) in [7, 11) is 0. The van der Waals surface area contributed by atoms with Gasteiger partial charge in [0.1, 0.15) is 6.61 Å². The lowest BCUT2D eigenvalue weighted by Gasteiger charge is -2.17. The highest BCUT2D eigenvalue weighted by molar-refractivity contribution is 5.96. The molecule has 5 heteroatoms. The number of rotatable bonds is 4. The van der Waals surface area contributed by atoms with Crippen LogP contribution in [-0.4, -0.2) is 25.0 Å². The number of hydrogen-bond donors (Lipinski definition) is 1. The third-order valence-electron chi connectivity index (χ3n) is 3.88. The topological polar surface area (TPSA) is 72.6 Å². The van der Waals surface area contributed by atoms with Crippen LogP contribution in [0.25, 0.3) is 0 Å². The van der Waals surface area contributed by atoms with Crippen molar-refractivity contribution in [3.63, 3.8) is 0 Å². The van der Waals surface area contributed by atoms with Gasteiger partial charge in [0, 0.05) is 17.9 Å². The molecule has 1 aliphatic heterocycles. The van der Waals surface area contributed by atoms with Gasteiger partial charge >= 0.3 is 5.97 Å². The smallest absolute Gasteiger partial charge is 0.338 e. The molecule has 0 unspecified atom stereocenters. The van der Waals surface area contributed by atoms with E-state index in [2.05, 4.69) is 0 Å². The molecule has 0 saturated heterocycles. The average molecular weight is 310 g/mol. The van der Waals surface area contributed by atoms with Gasteiger partial charge in [-0.25, -0.2) is 4.79 Å². The van der Waals surface area contributed by atoms with Crippen molar-refractivity contribution in [2.24, 2.45) is 0 Å². The van der Waals surface area contributed by atoms with Crippen molar-refractivity contribution < 1.29 is 14.3 Å². The Morgan fingerprint density at radius 1 is 1.09 bits per heavy atom. The van der Waals surface area contributed by atoms with Gasteiger partial charge in [0.2, 0.25) is 5.91 Å². The maximum absolute atomic E-state index is 12.3. The molecule has 1 heterocycles. The largest absolute Gasteiger partial charge is 0.462 e. The van der Waals surface area contributed by atoms with Crippen LogP contribution in [0, 0.1) is 0 Å². The molecule has 5 nitrogen and oxygen atoms in total. The molecule has 0 spiro atoms. The molecule has 0 aliphatic carbocycles. The van der Waals surface area contributed by atoms with E-state index in [0.29, 0.717) is 17.8 Å². The first-order valence-corrected chi connectivity index (χ1v) is 7.56. The van der Waals surface area contributed by atoms with E-state index in [-0.39, 0.29) is 18.9 Å². The second-order valence-electron chi connectivity index (χ2n) is 5.43. The minimum Gasteiger partial charge on any atom is -0.462 e. The van der Waals surface area contributed by atoms with Gasteiger partial charge < -0.3 is 15.4 Å². The van der Waals surface area contributed by atoms with Gasteiger partial charge in [-0.2, -0.15) is 0 Å². The Hall–Kier alpha value is -2.82. The quantitative estimate of drug-likeness (QED) is 0.695. The van der Waals surface area contributed by atoms with Crippen molar-refractivity contribution in [3.05, 3.63) is 59.7 Å². The van der Waals surface area contributed by atoms with Crippen LogP contribution >= 0.6 is 0 Å². The third-order valence-corrected chi connectivity index (χ3v) is 3.88. The number of carbonyl (C=O) groups excluding carboxylic acids is 2. The Bertz CT molecular complexity index is 725. The van der Waals surface area contributed by atoms with Crippen LogP contribution in [0.15, 0.2) is 48.5 Å². The van der Waals surface area contributed by atoms with Crippen LogP contribution in [0.1, 0.15) is 22.3 Å². The molecule has 3 rings (SSSR count). The molecule has 2 aromatic rings. The Labute approximate surface area is 134 Å². The zero-order valence-electron chi connectivity index (χ0n) is 12.7. The Morgan fingerprint density at radius 2 is 1.83 bits per heavy atom. The highest BCUT2D eigenvalue weighted by atomic mass is 16.5. The maximum atomic E-state index is 12.3. The molecule has 0 fully saturated rings. The van der Waals surface area contributed by atoms with Gasteiger partial charge in [-0.1, -0.05) is 18.2 Å². The van der Waals surface area contributed by atoms with E-state index in [0.717, 1.165) is 12.1 Å². The monoisotopic (exact) mass is 310 g/mol. The van der Waals surface area contributed by atoms with Crippen molar-refractivity contribution in [2.45, 2.75) is 12.8 Å². The van der Waals surface area contributed by atoms with E-state index in [9.17, 15) is 9.59 Å². The molecule has 0 bridgehead atoms. The normalized spacial score (nSPS) is 12.8. The van der Waals surface area contributed by atoms with Crippen LogP contribution < -0.4 is 10.6 Å². The van der Waals surface area contributed by atoms with Crippen molar-refractivity contribution in [3.8, 4) is 0 Å². The highest BCUT2D eigenvalue weighted by Gasteiger charge is 2.23. The van der Waals surface area contributed by atoms with Crippen LogP contribution in [0.4, 0.5) is 11.4 Å². The summed E-state index contributed by atoms with van der Waals surface area (Å²) in [6.07, 6.45) is 1.04. The molecule has 0 atom stereocenters. The van der Waals surface area contributed by atoms with E-state index >= 15 is 0 Å². The lowest BCUT2D eigenvalue weighted by atomic mass is 10.2. The molecule has 0 aromatic heterocycles. The summed E-state index contributed by atoms with van der Waals surface area (Å²) in [4.78, 5) is 25.9. The molecule has 23 heavy (non-hydrogen) atoms. The number of nitrogens with two attached hydrogens (primary N) is 1. The standard InChI is InChI=1S/C18H18N2O3/c19-15-7-5-14(6-8-15)18(22)23-12-10-17(21)20-11-9-13-3-1-2-4-16(13)20/h1-8H,9-12,19H2.